The first kappa shape index (κ1) is 17.0. The van der Waals surface area contributed by atoms with E-state index in [1.165, 1.54) is 0 Å². The van der Waals surface area contributed by atoms with Crippen LogP contribution in [0.15, 0.2) is 18.2 Å². The molecule has 104 valence electrons. The molecule has 1 aromatic carbocycles. The molecule has 1 aromatic rings. The Morgan fingerprint density at radius 1 is 0.944 bits per heavy atom. The molecule has 0 saturated carbocycles. The number of benzene rings is 1. The normalized spacial score (nSPS) is 14.0. The van der Waals surface area contributed by atoms with Gasteiger partial charge < -0.3 is 5.73 Å². The van der Waals surface area contributed by atoms with Gasteiger partial charge in [0.25, 0.3) is 0 Å². The van der Waals surface area contributed by atoms with Crippen LogP contribution in [0.3, 0.4) is 0 Å². The van der Waals surface area contributed by atoms with E-state index < -0.39 is 35.3 Å². The Hall–Kier alpha value is -1.02. The minimum Gasteiger partial charge on any atom is -0.319 e. The third-order valence-corrected chi connectivity index (χ3v) is 2.07. The maximum atomic E-state index is 12.8. The van der Waals surface area contributed by atoms with Crippen molar-refractivity contribution in [1.29, 1.82) is 0 Å². The van der Waals surface area contributed by atoms with Gasteiger partial charge in [-0.25, -0.2) is 8.78 Å². The quantitative estimate of drug-likeness (QED) is 0.830. The first-order valence-electron chi connectivity index (χ1n) is 4.22. The van der Waals surface area contributed by atoms with Crippen molar-refractivity contribution < 1.29 is 30.7 Å². The second-order valence-electron chi connectivity index (χ2n) is 3.27. The van der Waals surface area contributed by atoms with Gasteiger partial charge >= 0.3 is 12.1 Å². The van der Waals surface area contributed by atoms with Crippen LogP contribution in [0.4, 0.5) is 30.7 Å². The Bertz CT molecular complexity index is 418. The lowest BCUT2D eigenvalue weighted by Gasteiger charge is -2.25. The topological polar surface area (TPSA) is 26.0 Å². The van der Waals surface area contributed by atoms with Crippen LogP contribution in [0.25, 0.3) is 0 Å². The summed E-state index contributed by atoms with van der Waals surface area (Å²) in [4.78, 5) is 0. The molecule has 0 aromatic heterocycles. The van der Waals surface area contributed by atoms with Crippen LogP contribution in [-0.4, -0.2) is 12.1 Å². The fourth-order valence-electron chi connectivity index (χ4n) is 1.09. The molecule has 0 spiro atoms. The summed E-state index contributed by atoms with van der Waals surface area (Å²) in [6.07, 6.45) is -5.86. The Kier molecular flexibility index (Phi) is 5.01. The zero-order valence-corrected chi connectivity index (χ0v) is 9.26. The lowest BCUT2D eigenvalue weighted by atomic mass is 10.0. The van der Waals surface area contributed by atoms with Gasteiger partial charge in [0.2, 0.25) is 0 Å². The van der Waals surface area contributed by atoms with Crippen LogP contribution >= 0.6 is 12.4 Å². The summed E-state index contributed by atoms with van der Waals surface area (Å²) >= 11 is 0. The minimum absolute atomic E-state index is 0. The van der Waals surface area contributed by atoms with Gasteiger partial charge in [-0.15, -0.1) is 12.4 Å². The van der Waals surface area contributed by atoms with Crippen LogP contribution in [0, 0.1) is 11.6 Å². The lowest BCUT2D eigenvalue weighted by molar-refractivity contribution is -0.291. The zero-order chi connectivity index (χ0) is 13.4. The summed E-state index contributed by atoms with van der Waals surface area (Å²) in [5.74, 6) is -8.13. The number of hydrogen-bond acceptors (Lipinski definition) is 1. The smallest absolute Gasteiger partial charge is 0.319 e. The Morgan fingerprint density at radius 3 is 1.83 bits per heavy atom. The van der Waals surface area contributed by atoms with Crippen LogP contribution in [-0.2, 0) is 0 Å². The molecular formula is C9H7ClF7N. The molecule has 1 rings (SSSR count). The molecule has 0 saturated heterocycles. The molecule has 0 amide bonds. The molecular weight excluding hydrogens is 291 g/mol. The van der Waals surface area contributed by atoms with E-state index in [4.69, 9.17) is 5.73 Å². The number of alkyl halides is 5. The van der Waals surface area contributed by atoms with Crippen molar-refractivity contribution in [1.82, 2.24) is 0 Å². The molecule has 0 fully saturated rings. The van der Waals surface area contributed by atoms with Crippen molar-refractivity contribution in [2.24, 2.45) is 5.73 Å². The van der Waals surface area contributed by atoms with Crippen molar-refractivity contribution in [3.8, 4) is 0 Å². The predicted octanol–water partition coefficient (Wildman–Crippen LogP) is 3.58. The van der Waals surface area contributed by atoms with E-state index in [0.717, 1.165) is 0 Å². The molecule has 0 aliphatic carbocycles. The Balaban J connectivity index is 0.00000289. The third kappa shape index (κ3) is 3.05. The summed E-state index contributed by atoms with van der Waals surface area (Å²) in [6.45, 7) is 0. The van der Waals surface area contributed by atoms with Gasteiger partial charge in [0, 0.05) is 0 Å². The van der Waals surface area contributed by atoms with E-state index in [2.05, 4.69) is 0 Å². The largest absolute Gasteiger partial charge is 0.455 e. The van der Waals surface area contributed by atoms with Crippen LogP contribution < -0.4 is 5.73 Å². The van der Waals surface area contributed by atoms with Gasteiger partial charge in [-0.2, -0.15) is 22.0 Å². The Morgan fingerprint density at radius 2 is 1.44 bits per heavy atom. The number of rotatable bonds is 2. The molecule has 0 aliphatic rings. The summed E-state index contributed by atoms with van der Waals surface area (Å²) in [5.41, 5.74) is 3.88. The fourth-order valence-corrected chi connectivity index (χ4v) is 1.09. The lowest BCUT2D eigenvalue weighted by Crippen LogP contribution is -2.45. The van der Waals surface area contributed by atoms with E-state index in [-0.39, 0.29) is 18.5 Å². The molecule has 0 aliphatic heterocycles. The molecule has 2 N–H and O–H groups in total. The molecule has 0 radical (unpaired) electrons. The minimum atomic E-state index is -5.86. The maximum absolute atomic E-state index is 12.8. The average molecular weight is 298 g/mol. The van der Waals surface area contributed by atoms with Gasteiger partial charge in [-0.1, -0.05) is 6.07 Å². The van der Waals surface area contributed by atoms with E-state index >= 15 is 0 Å². The van der Waals surface area contributed by atoms with Crippen molar-refractivity contribution in [3.63, 3.8) is 0 Å². The summed E-state index contributed by atoms with van der Waals surface area (Å²) in [7, 11) is 0. The van der Waals surface area contributed by atoms with Crippen molar-refractivity contribution in [2.75, 3.05) is 0 Å². The van der Waals surface area contributed by atoms with Gasteiger partial charge in [0.05, 0.1) is 0 Å². The molecule has 1 atom stereocenters. The van der Waals surface area contributed by atoms with Crippen LogP contribution in [0.2, 0.25) is 0 Å². The summed E-state index contributed by atoms with van der Waals surface area (Å²) in [6, 6.07) is -1.59. The van der Waals surface area contributed by atoms with Gasteiger partial charge in [-0.05, 0) is 17.7 Å². The van der Waals surface area contributed by atoms with Crippen molar-refractivity contribution in [3.05, 3.63) is 35.4 Å². The Labute approximate surface area is 103 Å². The zero-order valence-electron chi connectivity index (χ0n) is 8.44. The molecule has 18 heavy (non-hydrogen) atoms. The molecule has 0 bridgehead atoms. The number of nitrogens with two attached hydrogens (primary N) is 1. The van der Waals surface area contributed by atoms with E-state index in [1.54, 1.807) is 0 Å². The molecule has 0 heterocycles. The van der Waals surface area contributed by atoms with E-state index in [0.29, 0.717) is 12.1 Å². The van der Waals surface area contributed by atoms with Crippen LogP contribution in [0.1, 0.15) is 11.6 Å². The second kappa shape index (κ2) is 5.31. The molecule has 0 unspecified atom stereocenters. The van der Waals surface area contributed by atoms with Gasteiger partial charge in [0.15, 0.2) is 11.6 Å². The number of hydrogen-bond donors (Lipinski definition) is 1. The van der Waals surface area contributed by atoms with Gasteiger partial charge in [0.1, 0.15) is 6.04 Å². The summed E-state index contributed by atoms with van der Waals surface area (Å²) in [5, 5.41) is 0. The van der Waals surface area contributed by atoms with E-state index in [9.17, 15) is 30.7 Å². The predicted molar refractivity (Wildman–Crippen MR) is 51.5 cm³/mol. The highest BCUT2D eigenvalue weighted by atomic mass is 35.5. The van der Waals surface area contributed by atoms with E-state index in [1.807, 2.05) is 0 Å². The van der Waals surface area contributed by atoms with Gasteiger partial charge in [-0.3, -0.25) is 0 Å². The van der Waals surface area contributed by atoms with Crippen molar-refractivity contribution in [2.45, 2.75) is 18.1 Å². The summed E-state index contributed by atoms with van der Waals surface area (Å²) < 4.78 is 86.5. The SMILES string of the molecule is Cl.N[C@H](c1ccc(F)c(F)c1)C(F)(F)C(F)(F)F. The highest BCUT2D eigenvalue weighted by molar-refractivity contribution is 5.85. The molecule has 9 heteroatoms. The average Bonchev–Trinajstić information content (AvgIpc) is 2.19. The highest BCUT2D eigenvalue weighted by Crippen LogP contribution is 2.43. The fraction of sp³-hybridized carbons (Fsp3) is 0.333. The monoisotopic (exact) mass is 297 g/mol. The first-order chi connectivity index (χ1) is 7.57. The number of halogens is 8. The second-order valence-corrected chi connectivity index (χ2v) is 3.27. The third-order valence-electron chi connectivity index (χ3n) is 2.07. The first-order valence-corrected chi connectivity index (χ1v) is 4.22. The van der Waals surface area contributed by atoms with Crippen LogP contribution in [0.5, 0.6) is 0 Å². The maximum Gasteiger partial charge on any atom is 0.455 e. The van der Waals surface area contributed by atoms with Crippen molar-refractivity contribution >= 4 is 12.4 Å². The molecule has 1 nitrogen and oxygen atoms in total. The standard InChI is InChI=1S/C9H6F7N.ClH/c10-5-2-1-4(3-6(5)11)7(17)8(12,13)9(14,15)16;/h1-3,7H,17H2;1H/t7-;/m1./s1. The highest BCUT2D eigenvalue weighted by Gasteiger charge is 2.61.